The van der Waals surface area contributed by atoms with Crippen molar-refractivity contribution in [3.05, 3.63) is 27.1 Å². The van der Waals surface area contributed by atoms with E-state index in [0.717, 1.165) is 20.4 Å². The molecular weight excluding hydrogens is 368 g/mol. The third kappa shape index (κ3) is 4.99. The van der Waals surface area contributed by atoms with Crippen LogP contribution in [0.1, 0.15) is 6.42 Å². The predicted octanol–water partition coefficient (Wildman–Crippen LogP) is 3.23. The zero-order valence-electron chi connectivity index (χ0n) is 9.37. The predicted molar refractivity (Wildman–Crippen MR) is 81.4 cm³/mol. The number of anilines is 1. The van der Waals surface area contributed by atoms with Gasteiger partial charge in [-0.15, -0.1) is 0 Å². The minimum Gasteiger partial charge on any atom is -0.324 e. The minimum atomic E-state index is -0.460. The molecule has 1 amide bonds. The fraction of sp³-hybridized carbons (Fsp3) is 0.364. The summed E-state index contributed by atoms with van der Waals surface area (Å²) in [6, 6.07) is 5.11. The normalized spacial score (nSPS) is 12.2. The molecule has 17 heavy (non-hydrogen) atoms. The Balaban J connectivity index is 2.61. The van der Waals surface area contributed by atoms with Crippen LogP contribution in [0.15, 0.2) is 27.1 Å². The number of thioether (sulfide) groups is 1. The summed E-state index contributed by atoms with van der Waals surface area (Å²) in [5.74, 6) is 0.734. The highest BCUT2D eigenvalue weighted by Gasteiger charge is 2.14. The highest BCUT2D eigenvalue weighted by atomic mass is 79.9. The first-order chi connectivity index (χ1) is 8.04. The van der Waals surface area contributed by atoms with Gasteiger partial charge in [0.25, 0.3) is 0 Å². The molecule has 0 aliphatic heterocycles. The molecule has 3 N–H and O–H groups in total. The van der Waals surface area contributed by atoms with Crippen LogP contribution in [0.4, 0.5) is 5.69 Å². The monoisotopic (exact) mass is 380 g/mol. The van der Waals surface area contributed by atoms with Crippen molar-refractivity contribution in [2.45, 2.75) is 12.5 Å². The number of rotatable bonds is 5. The molecule has 0 unspecified atom stereocenters. The van der Waals surface area contributed by atoms with Crippen LogP contribution in [0, 0.1) is 0 Å². The molecule has 0 saturated carbocycles. The Bertz CT molecular complexity index is 401. The van der Waals surface area contributed by atoms with E-state index in [-0.39, 0.29) is 5.91 Å². The van der Waals surface area contributed by atoms with E-state index in [1.54, 1.807) is 11.8 Å². The van der Waals surface area contributed by atoms with E-state index in [1.165, 1.54) is 0 Å². The molecule has 0 fully saturated rings. The molecule has 0 aliphatic carbocycles. The summed E-state index contributed by atoms with van der Waals surface area (Å²) in [6.07, 6.45) is 2.68. The maximum absolute atomic E-state index is 11.8. The summed E-state index contributed by atoms with van der Waals surface area (Å²) in [4.78, 5) is 11.8. The van der Waals surface area contributed by atoms with Crippen molar-refractivity contribution < 1.29 is 4.79 Å². The molecule has 0 bridgehead atoms. The molecule has 94 valence electrons. The van der Waals surface area contributed by atoms with E-state index >= 15 is 0 Å². The topological polar surface area (TPSA) is 55.1 Å². The summed E-state index contributed by atoms with van der Waals surface area (Å²) >= 11 is 8.43. The molecule has 1 atom stereocenters. The Morgan fingerprint density at radius 1 is 1.53 bits per heavy atom. The van der Waals surface area contributed by atoms with Gasteiger partial charge >= 0.3 is 0 Å². The first kappa shape index (κ1) is 15.0. The second kappa shape index (κ2) is 7.41. The van der Waals surface area contributed by atoms with Gasteiger partial charge in [0.15, 0.2) is 0 Å². The maximum Gasteiger partial charge on any atom is 0.241 e. The van der Waals surface area contributed by atoms with Gasteiger partial charge in [-0.1, -0.05) is 15.9 Å². The van der Waals surface area contributed by atoms with Crippen LogP contribution in [0.2, 0.25) is 0 Å². The summed E-state index contributed by atoms with van der Waals surface area (Å²) in [5, 5.41) is 2.81. The second-order valence-electron chi connectivity index (χ2n) is 3.50. The second-order valence-corrected chi connectivity index (χ2v) is 6.26. The number of halogens is 2. The molecule has 1 aromatic carbocycles. The van der Waals surface area contributed by atoms with Gasteiger partial charge in [-0.05, 0) is 52.6 Å². The van der Waals surface area contributed by atoms with Crippen LogP contribution in [-0.2, 0) is 4.79 Å². The van der Waals surface area contributed by atoms with Gasteiger partial charge in [-0.3, -0.25) is 4.79 Å². The average Bonchev–Trinajstić information content (AvgIpc) is 2.29. The Morgan fingerprint density at radius 2 is 2.24 bits per heavy atom. The number of amides is 1. The number of nitrogens with two attached hydrogens (primary N) is 1. The van der Waals surface area contributed by atoms with Gasteiger partial charge in [-0.2, -0.15) is 11.8 Å². The van der Waals surface area contributed by atoms with E-state index in [0.29, 0.717) is 6.42 Å². The third-order valence-electron chi connectivity index (χ3n) is 2.16. The van der Waals surface area contributed by atoms with Gasteiger partial charge in [0.1, 0.15) is 0 Å². The van der Waals surface area contributed by atoms with Gasteiger partial charge in [0.05, 0.1) is 11.7 Å². The van der Waals surface area contributed by atoms with Gasteiger partial charge in [0.2, 0.25) is 5.91 Å². The van der Waals surface area contributed by atoms with Crippen molar-refractivity contribution in [3.8, 4) is 0 Å². The first-order valence-corrected chi connectivity index (χ1v) is 8.03. The van der Waals surface area contributed by atoms with Crippen molar-refractivity contribution in [2.75, 3.05) is 17.3 Å². The molecule has 0 radical (unpaired) electrons. The molecular formula is C11H14Br2N2OS. The summed E-state index contributed by atoms with van der Waals surface area (Å²) in [7, 11) is 0. The largest absolute Gasteiger partial charge is 0.324 e. The molecule has 0 heterocycles. The zero-order valence-corrected chi connectivity index (χ0v) is 13.4. The smallest absolute Gasteiger partial charge is 0.241 e. The van der Waals surface area contributed by atoms with Crippen LogP contribution < -0.4 is 11.1 Å². The number of carbonyl (C=O) groups excluding carboxylic acids is 1. The molecule has 0 aromatic heterocycles. The Morgan fingerprint density at radius 3 is 2.82 bits per heavy atom. The Labute approximate surface area is 122 Å². The number of benzene rings is 1. The molecule has 0 spiro atoms. The standard InChI is InChI=1S/C11H14Br2N2OS/c1-17-5-4-9(14)11(16)15-10-3-2-7(12)6-8(10)13/h2-3,6,9H,4-5,14H2,1H3,(H,15,16)/t9-/m1/s1. The number of nitrogens with one attached hydrogen (secondary N) is 1. The SMILES string of the molecule is CSCC[C@@H](N)C(=O)Nc1ccc(Br)cc1Br. The van der Waals surface area contributed by atoms with Crippen molar-refractivity contribution in [1.82, 2.24) is 0 Å². The lowest BCUT2D eigenvalue weighted by molar-refractivity contribution is -0.117. The molecule has 6 heteroatoms. The molecule has 0 saturated heterocycles. The number of carbonyl (C=O) groups is 1. The van der Waals surface area contributed by atoms with Gasteiger partial charge < -0.3 is 11.1 Å². The van der Waals surface area contributed by atoms with Crippen molar-refractivity contribution in [3.63, 3.8) is 0 Å². The van der Waals surface area contributed by atoms with Crippen LogP contribution in [0.3, 0.4) is 0 Å². The molecule has 1 aromatic rings. The Hall–Kier alpha value is -0.0400. The lowest BCUT2D eigenvalue weighted by Gasteiger charge is -2.12. The van der Waals surface area contributed by atoms with Crippen molar-refractivity contribution in [1.29, 1.82) is 0 Å². The highest BCUT2D eigenvalue weighted by molar-refractivity contribution is 9.11. The van der Waals surface area contributed by atoms with Crippen molar-refractivity contribution in [2.24, 2.45) is 5.73 Å². The number of hydrogen-bond donors (Lipinski definition) is 2. The van der Waals surface area contributed by atoms with Crippen LogP contribution in [-0.4, -0.2) is 24.0 Å². The van der Waals surface area contributed by atoms with Gasteiger partial charge in [0, 0.05) is 8.95 Å². The molecule has 0 aliphatic rings. The third-order valence-corrected chi connectivity index (χ3v) is 3.95. The maximum atomic E-state index is 11.8. The summed E-state index contributed by atoms with van der Waals surface area (Å²) in [6.45, 7) is 0. The van der Waals surface area contributed by atoms with E-state index < -0.39 is 6.04 Å². The zero-order chi connectivity index (χ0) is 12.8. The number of hydrogen-bond acceptors (Lipinski definition) is 3. The average molecular weight is 382 g/mol. The van der Waals surface area contributed by atoms with E-state index in [4.69, 9.17) is 5.73 Å². The highest BCUT2D eigenvalue weighted by Crippen LogP contribution is 2.26. The fourth-order valence-corrected chi connectivity index (χ4v) is 2.83. The van der Waals surface area contributed by atoms with Gasteiger partial charge in [-0.25, -0.2) is 0 Å². The minimum absolute atomic E-state index is 0.151. The van der Waals surface area contributed by atoms with E-state index in [2.05, 4.69) is 37.2 Å². The lowest BCUT2D eigenvalue weighted by Crippen LogP contribution is -2.36. The Kier molecular flexibility index (Phi) is 6.54. The first-order valence-electron chi connectivity index (χ1n) is 5.05. The lowest BCUT2D eigenvalue weighted by atomic mass is 10.2. The van der Waals surface area contributed by atoms with Crippen molar-refractivity contribution >= 4 is 55.2 Å². The molecule has 3 nitrogen and oxygen atoms in total. The van der Waals surface area contributed by atoms with Crippen LogP contribution >= 0.6 is 43.6 Å². The van der Waals surface area contributed by atoms with E-state index in [1.807, 2.05) is 24.5 Å². The summed E-state index contributed by atoms with van der Waals surface area (Å²) in [5.41, 5.74) is 6.52. The van der Waals surface area contributed by atoms with E-state index in [9.17, 15) is 4.79 Å². The van der Waals surface area contributed by atoms with Crippen LogP contribution in [0.5, 0.6) is 0 Å². The summed E-state index contributed by atoms with van der Waals surface area (Å²) < 4.78 is 1.78. The molecule has 1 rings (SSSR count). The fourth-order valence-electron chi connectivity index (χ4n) is 1.19. The van der Waals surface area contributed by atoms with Crippen LogP contribution in [0.25, 0.3) is 0 Å². The quantitative estimate of drug-likeness (QED) is 0.823.